The van der Waals surface area contributed by atoms with Crippen molar-refractivity contribution in [2.45, 2.75) is 6.42 Å². The van der Waals surface area contributed by atoms with Crippen LogP contribution in [0, 0.1) is 0 Å². The number of rotatable bonds is 11. The lowest BCUT2D eigenvalue weighted by Gasteiger charge is -2.11. The van der Waals surface area contributed by atoms with Crippen molar-refractivity contribution in [3.05, 3.63) is 100 Å². The predicted molar refractivity (Wildman–Crippen MR) is 136 cm³/mol. The Morgan fingerprint density at radius 1 is 1.00 bits per heavy atom. The molecule has 0 aliphatic heterocycles. The standard InChI is InChI=1S/C27H27ClN2O5/c1-34-24-4-2-3-19(17-24)13-16-35-23-11-7-21(8-12-23)26(32)30-25(27(33)29-14-15-31)18-20-5-9-22(28)10-6-20/h2-12,17-18,31H,13-16H2,1H3,(H,29,33)(H,30,32)/b25-18+. The van der Waals surface area contributed by atoms with Gasteiger partial charge in [-0.25, -0.2) is 0 Å². The van der Waals surface area contributed by atoms with Crippen LogP contribution in [-0.2, 0) is 11.2 Å². The van der Waals surface area contributed by atoms with Crippen LogP contribution in [0.15, 0.2) is 78.5 Å². The van der Waals surface area contributed by atoms with Crippen LogP contribution in [-0.4, -0.2) is 43.8 Å². The van der Waals surface area contributed by atoms with Gasteiger partial charge < -0.3 is 25.2 Å². The van der Waals surface area contributed by atoms with E-state index in [1.807, 2.05) is 24.3 Å². The zero-order valence-corrected chi connectivity index (χ0v) is 20.0. The highest BCUT2D eigenvalue weighted by molar-refractivity contribution is 6.30. The smallest absolute Gasteiger partial charge is 0.267 e. The second kappa shape index (κ2) is 13.2. The summed E-state index contributed by atoms with van der Waals surface area (Å²) in [7, 11) is 1.63. The van der Waals surface area contributed by atoms with Gasteiger partial charge in [-0.15, -0.1) is 0 Å². The number of methoxy groups -OCH3 is 1. The number of halogens is 1. The minimum atomic E-state index is -0.514. The first kappa shape index (κ1) is 25.8. The first-order valence-electron chi connectivity index (χ1n) is 11.0. The van der Waals surface area contributed by atoms with E-state index in [4.69, 9.17) is 26.2 Å². The van der Waals surface area contributed by atoms with Crippen LogP contribution in [0.4, 0.5) is 0 Å². The van der Waals surface area contributed by atoms with Gasteiger partial charge in [0.2, 0.25) is 0 Å². The van der Waals surface area contributed by atoms with E-state index in [1.165, 1.54) is 6.08 Å². The average molecular weight is 495 g/mol. The second-order valence-electron chi connectivity index (χ2n) is 7.52. The number of carbonyl (C=O) groups is 2. The topological polar surface area (TPSA) is 96.9 Å². The zero-order chi connectivity index (χ0) is 25.0. The van der Waals surface area contributed by atoms with Crippen LogP contribution in [0.1, 0.15) is 21.5 Å². The van der Waals surface area contributed by atoms with E-state index in [-0.39, 0.29) is 18.8 Å². The SMILES string of the molecule is COc1cccc(CCOc2ccc(C(=O)N/C(=C/c3ccc(Cl)cc3)C(=O)NCCO)cc2)c1. The molecule has 0 bridgehead atoms. The van der Waals surface area contributed by atoms with Crippen molar-refractivity contribution >= 4 is 29.5 Å². The molecule has 0 radical (unpaired) electrons. The Kier molecular flexibility index (Phi) is 9.71. The number of nitrogens with one attached hydrogen (secondary N) is 2. The fourth-order valence-electron chi connectivity index (χ4n) is 3.16. The lowest BCUT2D eigenvalue weighted by Crippen LogP contribution is -2.36. The van der Waals surface area contributed by atoms with E-state index in [0.29, 0.717) is 34.9 Å². The number of hydrogen-bond acceptors (Lipinski definition) is 5. The largest absolute Gasteiger partial charge is 0.497 e. The van der Waals surface area contributed by atoms with Crippen LogP contribution in [0.25, 0.3) is 6.08 Å². The molecule has 0 fully saturated rings. The Bertz CT molecular complexity index is 1160. The molecule has 3 aromatic carbocycles. The van der Waals surface area contributed by atoms with E-state index < -0.39 is 11.8 Å². The first-order chi connectivity index (χ1) is 17.0. The van der Waals surface area contributed by atoms with Gasteiger partial charge in [-0.05, 0) is 65.7 Å². The molecule has 0 saturated heterocycles. The molecule has 0 aliphatic carbocycles. The van der Waals surface area contributed by atoms with Crippen molar-refractivity contribution in [1.82, 2.24) is 10.6 Å². The Morgan fingerprint density at radius 3 is 2.43 bits per heavy atom. The third-order valence-corrected chi connectivity index (χ3v) is 5.23. The van der Waals surface area contributed by atoms with Crippen molar-refractivity contribution in [1.29, 1.82) is 0 Å². The van der Waals surface area contributed by atoms with Crippen molar-refractivity contribution in [3.63, 3.8) is 0 Å². The molecule has 35 heavy (non-hydrogen) atoms. The molecule has 0 aliphatic rings. The number of amides is 2. The number of benzene rings is 3. The number of carbonyl (C=O) groups excluding carboxylic acids is 2. The number of ether oxygens (including phenoxy) is 2. The summed E-state index contributed by atoms with van der Waals surface area (Å²) in [5, 5.41) is 14.7. The average Bonchev–Trinajstić information content (AvgIpc) is 2.88. The third kappa shape index (κ3) is 8.17. The molecule has 8 heteroatoms. The Balaban J connectivity index is 1.62. The predicted octanol–water partition coefficient (Wildman–Crippen LogP) is 3.85. The quantitative estimate of drug-likeness (QED) is 0.352. The van der Waals surface area contributed by atoms with Crippen molar-refractivity contribution in [3.8, 4) is 11.5 Å². The maximum absolute atomic E-state index is 12.8. The van der Waals surface area contributed by atoms with E-state index >= 15 is 0 Å². The summed E-state index contributed by atoms with van der Waals surface area (Å²) in [4.78, 5) is 25.3. The molecule has 0 saturated carbocycles. The molecule has 0 spiro atoms. The molecule has 2 amide bonds. The van der Waals surface area contributed by atoms with Gasteiger partial charge in [-0.1, -0.05) is 35.9 Å². The maximum Gasteiger partial charge on any atom is 0.267 e. The Morgan fingerprint density at radius 2 is 1.74 bits per heavy atom. The number of hydrogen-bond donors (Lipinski definition) is 3. The summed E-state index contributed by atoms with van der Waals surface area (Å²) >= 11 is 5.92. The van der Waals surface area contributed by atoms with Gasteiger partial charge >= 0.3 is 0 Å². The summed E-state index contributed by atoms with van der Waals surface area (Å²) < 4.78 is 11.0. The van der Waals surface area contributed by atoms with Gasteiger partial charge in [-0.3, -0.25) is 9.59 Å². The molecular formula is C27H27ClN2O5. The highest BCUT2D eigenvalue weighted by Crippen LogP contribution is 2.16. The maximum atomic E-state index is 12.8. The third-order valence-electron chi connectivity index (χ3n) is 4.98. The summed E-state index contributed by atoms with van der Waals surface area (Å²) in [5.74, 6) is 0.460. The van der Waals surface area contributed by atoms with Crippen LogP contribution in [0.2, 0.25) is 5.02 Å². The van der Waals surface area contributed by atoms with Gasteiger partial charge in [0.25, 0.3) is 11.8 Å². The minimum Gasteiger partial charge on any atom is -0.497 e. The minimum absolute atomic E-state index is 0.0457. The normalized spacial score (nSPS) is 11.0. The van der Waals surface area contributed by atoms with E-state index in [2.05, 4.69) is 10.6 Å². The molecular weight excluding hydrogens is 468 g/mol. The zero-order valence-electron chi connectivity index (χ0n) is 19.3. The summed E-state index contributed by atoms with van der Waals surface area (Å²) in [5.41, 5.74) is 2.19. The summed E-state index contributed by atoms with van der Waals surface area (Å²) in [6.45, 7) is 0.319. The highest BCUT2D eigenvalue weighted by atomic mass is 35.5. The van der Waals surface area contributed by atoms with Crippen LogP contribution >= 0.6 is 11.6 Å². The molecule has 3 rings (SSSR count). The fraction of sp³-hybridized carbons (Fsp3) is 0.185. The molecule has 3 N–H and O–H groups in total. The van der Waals surface area contributed by atoms with Crippen LogP contribution < -0.4 is 20.1 Å². The second-order valence-corrected chi connectivity index (χ2v) is 7.95. The van der Waals surface area contributed by atoms with Crippen LogP contribution in [0.5, 0.6) is 11.5 Å². The summed E-state index contributed by atoms with van der Waals surface area (Å²) in [6, 6.07) is 21.3. The lowest BCUT2D eigenvalue weighted by molar-refractivity contribution is -0.117. The molecule has 182 valence electrons. The van der Waals surface area contributed by atoms with Crippen molar-refractivity contribution in [2.24, 2.45) is 0 Å². The molecule has 0 unspecified atom stereocenters. The molecule has 0 aromatic heterocycles. The fourth-order valence-corrected chi connectivity index (χ4v) is 3.29. The molecule has 0 heterocycles. The Hall–Kier alpha value is -3.81. The van der Waals surface area contributed by atoms with E-state index in [1.54, 1.807) is 55.6 Å². The van der Waals surface area contributed by atoms with Crippen molar-refractivity contribution < 1.29 is 24.2 Å². The van der Waals surface area contributed by atoms with Gasteiger partial charge in [0, 0.05) is 23.6 Å². The van der Waals surface area contributed by atoms with Crippen molar-refractivity contribution in [2.75, 3.05) is 26.9 Å². The first-order valence-corrected chi connectivity index (χ1v) is 11.4. The highest BCUT2D eigenvalue weighted by Gasteiger charge is 2.14. The molecule has 7 nitrogen and oxygen atoms in total. The molecule has 3 aromatic rings. The summed E-state index contributed by atoms with van der Waals surface area (Å²) in [6.07, 6.45) is 2.25. The van der Waals surface area contributed by atoms with Crippen LogP contribution in [0.3, 0.4) is 0 Å². The van der Waals surface area contributed by atoms with Gasteiger partial charge in [0.05, 0.1) is 20.3 Å². The van der Waals surface area contributed by atoms with Gasteiger partial charge in [0.1, 0.15) is 17.2 Å². The van der Waals surface area contributed by atoms with E-state index in [0.717, 1.165) is 11.3 Å². The molecule has 0 atom stereocenters. The number of aliphatic hydroxyl groups excluding tert-OH is 1. The van der Waals surface area contributed by atoms with Gasteiger partial charge in [-0.2, -0.15) is 0 Å². The number of aliphatic hydroxyl groups is 1. The lowest BCUT2D eigenvalue weighted by atomic mass is 10.1. The Labute approximate surface area is 209 Å². The van der Waals surface area contributed by atoms with E-state index in [9.17, 15) is 9.59 Å². The monoisotopic (exact) mass is 494 g/mol. The van der Waals surface area contributed by atoms with Gasteiger partial charge in [0.15, 0.2) is 0 Å².